The molecule has 0 amide bonds. The van der Waals surface area contributed by atoms with E-state index in [4.69, 9.17) is 16.7 Å². The van der Waals surface area contributed by atoms with Crippen LogP contribution < -0.4 is 0 Å². The summed E-state index contributed by atoms with van der Waals surface area (Å²) in [6, 6.07) is 0. The quantitative estimate of drug-likeness (QED) is 0.477. The van der Waals surface area contributed by atoms with Crippen LogP contribution in [0.1, 0.15) is 19.8 Å². The third-order valence-electron chi connectivity index (χ3n) is 1.20. The molecule has 9 heavy (non-hydrogen) atoms. The first kappa shape index (κ1) is 8.99. The highest BCUT2D eigenvalue weighted by Gasteiger charge is 2.08. The number of halogens is 1. The van der Waals surface area contributed by atoms with E-state index in [0.29, 0.717) is 6.42 Å². The van der Waals surface area contributed by atoms with E-state index in [2.05, 4.69) is 6.58 Å². The van der Waals surface area contributed by atoms with E-state index in [1.165, 1.54) is 0 Å². The lowest BCUT2D eigenvalue weighted by atomic mass is 10.1. The highest BCUT2D eigenvalue weighted by molar-refractivity contribution is 6.20. The number of allylic oxidation sites excluding steroid dienone is 1. The zero-order chi connectivity index (χ0) is 7.28. The summed E-state index contributed by atoms with van der Waals surface area (Å²) >= 11 is 5.58. The van der Waals surface area contributed by atoms with Crippen LogP contribution in [0.3, 0.4) is 0 Å². The van der Waals surface area contributed by atoms with Crippen molar-refractivity contribution in [1.82, 2.24) is 0 Å². The first-order chi connectivity index (χ1) is 4.18. The summed E-state index contributed by atoms with van der Waals surface area (Å²) in [4.78, 5) is 0. The molecule has 0 heterocycles. The van der Waals surface area contributed by atoms with Crippen LogP contribution in [0.5, 0.6) is 0 Å². The lowest BCUT2D eigenvalue weighted by Gasteiger charge is -2.09. The maximum atomic E-state index is 9.08. The van der Waals surface area contributed by atoms with Gasteiger partial charge < -0.3 is 5.11 Å². The zero-order valence-corrected chi connectivity index (χ0v) is 6.43. The van der Waals surface area contributed by atoms with Gasteiger partial charge in [0.1, 0.15) is 0 Å². The molecule has 0 aromatic heterocycles. The van der Waals surface area contributed by atoms with Crippen molar-refractivity contribution in [2.24, 2.45) is 0 Å². The minimum absolute atomic E-state index is 0.148. The summed E-state index contributed by atoms with van der Waals surface area (Å²) < 4.78 is 0. The molecular weight excluding hydrogens is 136 g/mol. The summed E-state index contributed by atoms with van der Waals surface area (Å²) in [5.74, 6) is 0. The van der Waals surface area contributed by atoms with Gasteiger partial charge in [-0.15, -0.1) is 18.2 Å². The molecule has 0 bridgehead atoms. The number of hydrogen-bond acceptors (Lipinski definition) is 1. The second-order valence-corrected chi connectivity index (χ2v) is 2.80. The van der Waals surface area contributed by atoms with E-state index in [9.17, 15) is 0 Å². The fraction of sp³-hybridized carbons (Fsp3) is 0.714. The van der Waals surface area contributed by atoms with Gasteiger partial charge in [-0.1, -0.05) is 6.08 Å². The van der Waals surface area contributed by atoms with Crippen molar-refractivity contribution in [3.63, 3.8) is 0 Å². The largest absolute Gasteiger partial charge is 0.392 e. The number of rotatable bonds is 4. The van der Waals surface area contributed by atoms with Crippen LogP contribution in [0.25, 0.3) is 0 Å². The van der Waals surface area contributed by atoms with Gasteiger partial charge in [0, 0.05) is 0 Å². The molecule has 54 valence electrons. The van der Waals surface area contributed by atoms with Gasteiger partial charge >= 0.3 is 0 Å². The smallest absolute Gasteiger partial charge is 0.0704 e. The van der Waals surface area contributed by atoms with E-state index in [-0.39, 0.29) is 11.5 Å². The molecule has 0 aromatic rings. The van der Waals surface area contributed by atoms with E-state index in [1.54, 1.807) is 13.0 Å². The molecule has 2 atom stereocenters. The number of hydrogen-bond donors (Lipinski definition) is 1. The topological polar surface area (TPSA) is 20.2 Å². The van der Waals surface area contributed by atoms with Gasteiger partial charge in [0.15, 0.2) is 0 Å². The Hall–Kier alpha value is -0.0100. The zero-order valence-electron chi connectivity index (χ0n) is 5.68. The van der Waals surface area contributed by atoms with Crippen LogP contribution in [0.2, 0.25) is 0 Å². The van der Waals surface area contributed by atoms with Crippen molar-refractivity contribution in [1.29, 1.82) is 0 Å². The normalized spacial score (nSPS) is 16.8. The van der Waals surface area contributed by atoms with Gasteiger partial charge in [-0.2, -0.15) is 0 Å². The molecule has 0 fully saturated rings. The van der Waals surface area contributed by atoms with Crippen molar-refractivity contribution >= 4 is 11.6 Å². The lowest BCUT2D eigenvalue weighted by Crippen LogP contribution is -2.16. The first-order valence-electron chi connectivity index (χ1n) is 3.11. The molecule has 1 N–H and O–H groups in total. The standard InChI is InChI=1S/C7H13ClO/c1-3-4-5-7(9)6(2)8/h3,6-7,9H,1,4-5H2,2H3/t6-,7?/m1/s1. The van der Waals surface area contributed by atoms with Crippen molar-refractivity contribution in [3.05, 3.63) is 12.7 Å². The van der Waals surface area contributed by atoms with Crippen molar-refractivity contribution < 1.29 is 5.11 Å². The van der Waals surface area contributed by atoms with Gasteiger partial charge in [0.05, 0.1) is 11.5 Å². The summed E-state index contributed by atoms with van der Waals surface area (Å²) in [6.07, 6.45) is 2.94. The van der Waals surface area contributed by atoms with Gasteiger partial charge in [-0.25, -0.2) is 0 Å². The van der Waals surface area contributed by atoms with Gasteiger partial charge in [0.2, 0.25) is 0 Å². The Balaban J connectivity index is 3.26. The molecular formula is C7H13ClO. The maximum absolute atomic E-state index is 9.08. The fourth-order valence-electron chi connectivity index (χ4n) is 0.518. The molecule has 0 aliphatic carbocycles. The third-order valence-corrected chi connectivity index (χ3v) is 1.49. The monoisotopic (exact) mass is 148 g/mol. The lowest BCUT2D eigenvalue weighted by molar-refractivity contribution is 0.165. The number of aliphatic hydroxyl groups is 1. The van der Waals surface area contributed by atoms with Crippen LogP contribution in [-0.4, -0.2) is 16.6 Å². The predicted octanol–water partition coefficient (Wildman–Crippen LogP) is 1.94. The van der Waals surface area contributed by atoms with Gasteiger partial charge in [0.25, 0.3) is 0 Å². The molecule has 0 saturated heterocycles. The van der Waals surface area contributed by atoms with E-state index < -0.39 is 0 Å². The highest BCUT2D eigenvalue weighted by Crippen LogP contribution is 2.07. The third kappa shape index (κ3) is 4.49. The fourth-order valence-corrected chi connectivity index (χ4v) is 0.644. The van der Waals surface area contributed by atoms with Gasteiger partial charge in [-0.3, -0.25) is 0 Å². The van der Waals surface area contributed by atoms with Crippen molar-refractivity contribution in [2.45, 2.75) is 31.2 Å². The van der Waals surface area contributed by atoms with Crippen molar-refractivity contribution in [3.8, 4) is 0 Å². The van der Waals surface area contributed by atoms with Crippen LogP contribution in [0.4, 0.5) is 0 Å². The maximum Gasteiger partial charge on any atom is 0.0704 e. The Morgan fingerprint density at radius 1 is 1.78 bits per heavy atom. The summed E-state index contributed by atoms with van der Waals surface area (Å²) in [6.45, 7) is 5.32. The summed E-state index contributed by atoms with van der Waals surface area (Å²) in [5.41, 5.74) is 0. The summed E-state index contributed by atoms with van der Waals surface area (Å²) in [5, 5.41) is 8.93. The van der Waals surface area contributed by atoms with E-state index in [0.717, 1.165) is 6.42 Å². The van der Waals surface area contributed by atoms with Crippen LogP contribution in [0.15, 0.2) is 12.7 Å². The van der Waals surface area contributed by atoms with E-state index in [1.807, 2.05) is 0 Å². The Labute approximate surface area is 61.3 Å². The molecule has 2 heteroatoms. The van der Waals surface area contributed by atoms with Crippen LogP contribution >= 0.6 is 11.6 Å². The Morgan fingerprint density at radius 2 is 2.33 bits per heavy atom. The molecule has 0 rings (SSSR count). The molecule has 1 unspecified atom stereocenters. The number of aliphatic hydroxyl groups excluding tert-OH is 1. The second kappa shape index (κ2) is 4.83. The first-order valence-corrected chi connectivity index (χ1v) is 3.55. The molecule has 0 radical (unpaired) electrons. The molecule has 0 aliphatic rings. The molecule has 1 nitrogen and oxygen atoms in total. The molecule has 0 aromatic carbocycles. The summed E-state index contributed by atoms with van der Waals surface area (Å²) in [7, 11) is 0. The van der Waals surface area contributed by atoms with Crippen LogP contribution in [-0.2, 0) is 0 Å². The second-order valence-electron chi connectivity index (χ2n) is 2.11. The highest BCUT2D eigenvalue weighted by atomic mass is 35.5. The Kier molecular flexibility index (Phi) is 4.83. The van der Waals surface area contributed by atoms with Crippen LogP contribution in [0, 0.1) is 0 Å². The minimum atomic E-state index is -0.385. The Bertz CT molecular complexity index is 81.0. The average Bonchev–Trinajstić information content (AvgIpc) is 1.82. The predicted molar refractivity (Wildman–Crippen MR) is 40.8 cm³/mol. The Morgan fingerprint density at radius 3 is 2.67 bits per heavy atom. The average molecular weight is 149 g/mol. The molecule has 0 aliphatic heterocycles. The minimum Gasteiger partial charge on any atom is -0.392 e. The van der Waals surface area contributed by atoms with E-state index >= 15 is 0 Å². The SMILES string of the molecule is C=CCCC(O)[C@@H](C)Cl. The molecule has 0 saturated carbocycles. The van der Waals surface area contributed by atoms with Gasteiger partial charge in [-0.05, 0) is 19.8 Å². The number of alkyl halides is 1. The van der Waals surface area contributed by atoms with Crippen molar-refractivity contribution in [2.75, 3.05) is 0 Å². The molecule has 0 spiro atoms.